The van der Waals surface area contributed by atoms with Gasteiger partial charge in [-0.1, -0.05) is 0 Å². The van der Waals surface area contributed by atoms with Gasteiger partial charge >= 0.3 is 6.09 Å². The van der Waals surface area contributed by atoms with Crippen molar-refractivity contribution in [3.05, 3.63) is 27.8 Å². The largest absolute Gasteiger partial charge is 0.490 e. The molecule has 166 valence electrons. The second kappa shape index (κ2) is 9.10. The third-order valence-corrected chi connectivity index (χ3v) is 5.67. The number of nitro benzene ring substituents is 1. The molecule has 1 aromatic carbocycles. The number of anilines is 1. The van der Waals surface area contributed by atoms with Gasteiger partial charge in [0.1, 0.15) is 17.0 Å². The highest BCUT2D eigenvalue weighted by molar-refractivity contribution is 5.71. The maximum absolute atomic E-state index is 12.0. The van der Waals surface area contributed by atoms with Crippen LogP contribution in [0.15, 0.2) is 12.1 Å². The van der Waals surface area contributed by atoms with Crippen LogP contribution in [0.1, 0.15) is 58.4 Å². The van der Waals surface area contributed by atoms with Gasteiger partial charge < -0.3 is 19.7 Å². The van der Waals surface area contributed by atoms with E-state index in [9.17, 15) is 14.9 Å². The maximum Gasteiger partial charge on any atom is 0.407 e. The van der Waals surface area contributed by atoms with Crippen molar-refractivity contribution in [2.75, 3.05) is 24.5 Å². The summed E-state index contributed by atoms with van der Waals surface area (Å²) < 4.78 is 11.4. The Labute approximate surface area is 178 Å². The molecule has 2 fully saturated rings. The summed E-state index contributed by atoms with van der Waals surface area (Å²) in [5.74, 6) is 0.927. The molecule has 1 atom stereocenters. The SMILES string of the molecule is Cc1c(OC2CCC2)ccc([N+](=O)[O-])c1N1CCC[C@@H](CNC(=O)OC(C)(C)C)C1. The number of rotatable bonds is 6. The van der Waals surface area contributed by atoms with Crippen LogP contribution >= 0.6 is 0 Å². The molecule has 1 saturated heterocycles. The Hall–Kier alpha value is -2.51. The van der Waals surface area contributed by atoms with Crippen LogP contribution in [0.3, 0.4) is 0 Å². The Kier molecular flexibility index (Phi) is 6.73. The molecule has 1 N–H and O–H groups in total. The van der Waals surface area contributed by atoms with Gasteiger partial charge in [-0.3, -0.25) is 10.1 Å². The first kappa shape index (κ1) is 22.2. The lowest BCUT2D eigenvalue weighted by molar-refractivity contribution is -0.384. The van der Waals surface area contributed by atoms with Crippen LogP contribution in [0.5, 0.6) is 5.75 Å². The number of ether oxygens (including phenoxy) is 2. The van der Waals surface area contributed by atoms with Crippen LogP contribution in [0.4, 0.5) is 16.2 Å². The average molecular weight is 420 g/mol. The van der Waals surface area contributed by atoms with Gasteiger partial charge in [0.15, 0.2) is 0 Å². The summed E-state index contributed by atoms with van der Waals surface area (Å²) in [6, 6.07) is 3.28. The standard InChI is InChI=1S/C22H33N3O5/c1-15-19(29-17-8-5-9-17)11-10-18(25(27)28)20(15)24-12-6-7-16(14-24)13-23-21(26)30-22(2,3)4/h10-11,16-17H,5-9,12-14H2,1-4H3,(H,23,26)/t16-/m0/s1. The number of carbonyl (C=O) groups excluding carboxylic acids is 1. The van der Waals surface area contributed by atoms with Crippen molar-refractivity contribution < 1.29 is 19.2 Å². The third kappa shape index (κ3) is 5.55. The molecule has 1 saturated carbocycles. The summed E-state index contributed by atoms with van der Waals surface area (Å²) in [7, 11) is 0. The number of hydrogen-bond donors (Lipinski definition) is 1. The Morgan fingerprint density at radius 2 is 2.00 bits per heavy atom. The normalized spacial score (nSPS) is 19.7. The number of amides is 1. The maximum atomic E-state index is 12.0. The van der Waals surface area contributed by atoms with Gasteiger partial charge in [0.25, 0.3) is 5.69 Å². The van der Waals surface area contributed by atoms with Gasteiger partial charge in [0, 0.05) is 31.3 Å². The van der Waals surface area contributed by atoms with E-state index >= 15 is 0 Å². The lowest BCUT2D eigenvalue weighted by Gasteiger charge is -2.36. The minimum absolute atomic E-state index is 0.106. The molecular weight excluding hydrogens is 386 g/mol. The van der Waals surface area contributed by atoms with Gasteiger partial charge in [0.05, 0.1) is 11.0 Å². The van der Waals surface area contributed by atoms with Crippen LogP contribution in [0, 0.1) is 23.0 Å². The molecule has 1 heterocycles. The van der Waals surface area contributed by atoms with Gasteiger partial charge in [-0.15, -0.1) is 0 Å². The molecule has 0 unspecified atom stereocenters. The number of carbonyl (C=O) groups is 1. The molecule has 0 spiro atoms. The van der Waals surface area contributed by atoms with Crippen molar-refractivity contribution >= 4 is 17.5 Å². The number of nitrogens with zero attached hydrogens (tertiary/aromatic N) is 2. The fourth-order valence-electron chi connectivity index (χ4n) is 3.99. The van der Waals surface area contributed by atoms with Crippen molar-refractivity contribution in [2.45, 2.75) is 71.5 Å². The minimum Gasteiger partial charge on any atom is -0.490 e. The molecule has 2 aliphatic rings. The fraction of sp³-hybridized carbons (Fsp3) is 0.682. The molecular formula is C22H33N3O5. The predicted molar refractivity (Wildman–Crippen MR) is 115 cm³/mol. The number of hydrogen-bond acceptors (Lipinski definition) is 6. The third-order valence-electron chi connectivity index (χ3n) is 5.67. The van der Waals surface area contributed by atoms with Gasteiger partial charge in [-0.2, -0.15) is 0 Å². The molecule has 8 nitrogen and oxygen atoms in total. The van der Waals surface area contributed by atoms with Crippen LogP contribution in [-0.2, 0) is 4.74 Å². The number of nitro groups is 1. The van der Waals surface area contributed by atoms with Crippen molar-refractivity contribution in [2.24, 2.45) is 5.92 Å². The smallest absolute Gasteiger partial charge is 0.407 e. The van der Waals surface area contributed by atoms with E-state index in [1.165, 1.54) is 6.42 Å². The summed E-state index contributed by atoms with van der Waals surface area (Å²) in [4.78, 5) is 25.4. The molecule has 0 radical (unpaired) electrons. The molecule has 8 heteroatoms. The van der Waals surface area contributed by atoms with E-state index in [4.69, 9.17) is 9.47 Å². The van der Waals surface area contributed by atoms with E-state index in [0.29, 0.717) is 18.8 Å². The Morgan fingerprint density at radius 1 is 1.27 bits per heavy atom. The molecule has 1 aliphatic carbocycles. The Morgan fingerprint density at radius 3 is 2.60 bits per heavy atom. The molecule has 0 aromatic heterocycles. The molecule has 1 aromatic rings. The zero-order valence-electron chi connectivity index (χ0n) is 18.4. The van der Waals surface area contributed by atoms with Gasteiger partial charge in [-0.05, 0) is 71.8 Å². The van der Waals surface area contributed by atoms with Crippen LogP contribution in [0.25, 0.3) is 0 Å². The monoisotopic (exact) mass is 419 g/mol. The number of nitrogens with one attached hydrogen (secondary N) is 1. The quantitative estimate of drug-likeness (QED) is 0.536. The van der Waals surface area contributed by atoms with Crippen LogP contribution in [0.2, 0.25) is 0 Å². The first-order chi connectivity index (χ1) is 14.1. The summed E-state index contributed by atoms with van der Waals surface area (Å²) in [6.45, 7) is 9.26. The molecule has 3 rings (SSSR count). The topological polar surface area (TPSA) is 93.9 Å². The van der Waals surface area contributed by atoms with Crippen molar-refractivity contribution in [3.8, 4) is 5.75 Å². The molecule has 30 heavy (non-hydrogen) atoms. The lowest BCUT2D eigenvalue weighted by Crippen LogP contribution is -2.42. The van der Waals surface area contributed by atoms with E-state index in [-0.39, 0.29) is 22.6 Å². The number of benzene rings is 1. The Bertz CT molecular complexity index is 786. The zero-order chi connectivity index (χ0) is 21.9. The number of piperidine rings is 1. The highest BCUT2D eigenvalue weighted by Crippen LogP contribution is 2.40. The number of alkyl carbamates (subject to hydrolysis) is 1. The van der Waals surface area contributed by atoms with E-state index in [1.54, 1.807) is 12.1 Å². The average Bonchev–Trinajstić information content (AvgIpc) is 2.62. The van der Waals surface area contributed by atoms with E-state index in [2.05, 4.69) is 10.2 Å². The highest BCUT2D eigenvalue weighted by Gasteiger charge is 2.30. The second-order valence-corrected chi connectivity index (χ2v) is 9.32. The first-order valence-electron chi connectivity index (χ1n) is 10.8. The fourth-order valence-corrected chi connectivity index (χ4v) is 3.99. The molecule has 1 aliphatic heterocycles. The molecule has 0 bridgehead atoms. The summed E-state index contributed by atoms with van der Waals surface area (Å²) >= 11 is 0. The highest BCUT2D eigenvalue weighted by atomic mass is 16.6. The minimum atomic E-state index is -0.540. The van der Waals surface area contributed by atoms with E-state index in [1.807, 2.05) is 27.7 Å². The van der Waals surface area contributed by atoms with Crippen molar-refractivity contribution in [1.82, 2.24) is 5.32 Å². The summed E-state index contributed by atoms with van der Waals surface area (Å²) in [5, 5.41) is 14.6. The van der Waals surface area contributed by atoms with Crippen LogP contribution in [-0.4, -0.2) is 42.4 Å². The van der Waals surface area contributed by atoms with Crippen molar-refractivity contribution in [3.63, 3.8) is 0 Å². The van der Waals surface area contributed by atoms with E-state index < -0.39 is 11.7 Å². The predicted octanol–water partition coefficient (Wildman–Crippen LogP) is 4.58. The first-order valence-corrected chi connectivity index (χ1v) is 10.8. The van der Waals surface area contributed by atoms with Gasteiger partial charge in [0.2, 0.25) is 0 Å². The van der Waals surface area contributed by atoms with Crippen LogP contribution < -0.4 is 15.0 Å². The van der Waals surface area contributed by atoms with Gasteiger partial charge in [-0.25, -0.2) is 4.79 Å². The second-order valence-electron chi connectivity index (χ2n) is 9.32. The molecule has 1 amide bonds. The van der Waals surface area contributed by atoms with Crippen molar-refractivity contribution in [1.29, 1.82) is 0 Å². The van der Waals surface area contributed by atoms with E-state index in [0.717, 1.165) is 43.5 Å². The summed E-state index contributed by atoms with van der Waals surface area (Å²) in [6.07, 6.45) is 4.88. The Balaban J connectivity index is 1.72. The zero-order valence-corrected chi connectivity index (χ0v) is 18.4. The summed E-state index contributed by atoms with van der Waals surface area (Å²) in [5.41, 5.74) is 1.02. The lowest BCUT2D eigenvalue weighted by atomic mass is 9.95.